The first kappa shape index (κ1) is 15.8. The van der Waals surface area contributed by atoms with Crippen molar-refractivity contribution in [2.45, 2.75) is 13.2 Å². The summed E-state index contributed by atoms with van der Waals surface area (Å²) in [6.45, 7) is 0.0998. The monoisotopic (exact) mass is 349 g/mol. The summed E-state index contributed by atoms with van der Waals surface area (Å²) in [5, 5.41) is 14.3. The van der Waals surface area contributed by atoms with Gasteiger partial charge in [0.1, 0.15) is 25.3 Å². The number of aliphatic hydroxyl groups is 1. The molecule has 0 amide bonds. The molecule has 0 atom stereocenters. The molecular formula is C16H13Cl2N3O2. The van der Waals surface area contributed by atoms with Crippen LogP contribution >= 0.6 is 23.2 Å². The lowest BCUT2D eigenvalue weighted by molar-refractivity contribution is 0.271. The van der Waals surface area contributed by atoms with Gasteiger partial charge in [-0.1, -0.05) is 29.3 Å². The lowest BCUT2D eigenvalue weighted by Crippen LogP contribution is -1.99. The molecule has 0 bridgehead atoms. The van der Waals surface area contributed by atoms with Crippen molar-refractivity contribution in [3.63, 3.8) is 0 Å². The number of hydrogen-bond acceptors (Lipinski definition) is 4. The van der Waals surface area contributed by atoms with Crippen LogP contribution in [0.5, 0.6) is 5.75 Å². The quantitative estimate of drug-likeness (QED) is 0.763. The van der Waals surface area contributed by atoms with Crippen LogP contribution in [0.25, 0.3) is 5.69 Å². The standard InChI is InChI=1S/C16H13Cl2N3O2/c17-14-2-1-3-15(18)13(14)9-23-12-6-4-11(5-7-12)21-10-19-16(8-22)20-21/h1-7,10,22H,8-9H2. The van der Waals surface area contributed by atoms with Crippen LogP contribution in [0.15, 0.2) is 48.8 Å². The highest BCUT2D eigenvalue weighted by molar-refractivity contribution is 6.35. The van der Waals surface area contributed by atoms with Crippen LogP contribution in [-0.4, -0.2) is 19.9 Å². The van der Waals surface area contributed by atoms with E-state index in [0.717, 1.165) is 11.3 Å². The van der Waals surface area contributed by atoms with Gasteiger partial charge in [-0.15, -0.1) is 5.10 Å². The van der Waals surface area contributed by atoms with Gasteiger partial charge in [0.05, 0.1) is 5.69 Å². The molecular weight excluding hydrogens is 337 g/mol. The Balaban J connectivity index is 1.70. The molecule has 5 nitrogen and oxygen atoms in total. The number of rotatable bonds is 5. The Labute approximate surface area is 143 Å². The van der Waals surface area contributed by atoms with Crippen LogP contribution in [0, 0.1) is 0 Å². The second-order valence-electron chi connectivity index (χ2n) is 4.75. The van der Waals surface area contributed by atoms with Crippen LogP contribution in [0.1, 0.15) is 11.4 Å². The van der Waals surface area contributed by atoms with Gasteiger partial charge in [0.2, 0.25) is 0 Å². The molecule has 3 rings (SSSR count). The van der Waals surface area contributed by atoms with Crippen molar-refractivity contribution in [1.29, 1.82) is 0 Å². The van der Waals surface area contributed by atoms with E-state index < -0.39 is 0 Å². The summed E-state index contributed by atoms with van der Waals surface area (Å²) >= 11 is 12.2. The average molecular weight is 350 g/mol. The van der Waals surface area contributed by atoms with Crippen LogP contribution in [0.4, 0.5) is 0 Å². The molecule has 1 aromatic heterocycles. The van der Waals surface area contributed by atoms with Crippen molar-refractivity contribution in [2.24, 2.45) is 0 Å². The summed E-state index contributed by atoms with van der Waals surface area (Å²) < 4.78 is 7.30. The third-order valence-corrected chi connectivity index (χ3v) is 3.94. The van der Waals surface area contributed by atoms with Crippen molar-refractivity contribution in [3.8, 4) is 11.4 Å². The van der Waals surface area contributed by atoms with Crippen LogP contribution < -0.4 is 4.74 Å². The minimum absolute atomic E-state index is 0.188. The zero-order valence-electron chi connectivity index (χ0n) is 12.0. The lowest BCUT2D eigenvalue weighted by Gasteiger charge is -2.10. The van der Waals surface area contributed by atoms with E-state index in [-0.39, 0.29) is 13.2 Å². The van der Waals surface area contributed by atoms with E-state index in [4.69, 9.17) is 33.0 Å². The number of aromatic nitrogens is 3. The SMILES string of the molecule is OCc1ncn(-c2ccc(OCc3c(Cl)cccc3Cl)cc2)n1. The van der Waals surface area contributed by atoms with Crippen molar-refractivity contribution >= 4 is 23.2 Å². The molecule has 0 aliphatic heterocycles. The Bertz CT molecular complexity index is 783. The van der Waals surface area contributed by atoms with Crippen LogP contribution in [-0.2, 0) is 13.2 Å². The summed E-state index contributed by atoms with van der Waals surface area (Å²) in [5.74, 6) is 1.06. The highest BCUT2D eigenvalue weighted by Gasteiger charge is 2.07. The first-order valence-corrected chi connectivity index (χ1v) is 7.60. The molecule has 0 saturated carbocycles. The topological polar surface area (TPSA) is 60.2 Å². The number of nitrogens with zero attached hydrogens (tertiary/aromatic N) is 3. The minimum Gasteiger partial charge on any atom is -0.489 e. The second-order valence-corrected chi connectivity index (χ2v) is 5.56. The molecule has 1 heterocycles. The third kappa shape index (κ3) is 3.64. The minimum atomic E-state index is -0.188. The molecule has 2 aromatic carbocycles. The molecule has 0 fully saturated rings. The summed E-state index contributed by atoms with van der Waals surface area (Å²) in [4.78, 5) is 3.97. The predicted molar refractivity (Wildman–Crippen MR) is 88.1 cm³/mol. The number of hydrogen-bond donors (Lipinski definition) is 1. The summed E-state index contributed by atoms with van der Waals surface area (Å²) in [7, 11) is 0. The van der Waals surface area contributed by atoms with E-state index in [1.165, 1.54) is 0 Å². The van der Waals surface area contributed by atoms with Gasteiger partial charge in [-0.05, 0) is 36.4 Å². The average Bonchev–Trinajstić information content (AvgIpc) is 3.04. The van der Waals surface area contributed by atoms with Crippen molar-refractivity contribution < 1.29 is 9.84 Å². The largest absolute Gasteiger partial charge is 0.489 e. The molecule has 118 valence electrons. The van der Waals surface area contributed by atoms with Crippen LogP contribution in [0.2, 0.25) is 10.0 Å². The first-order valence-electron chi connectivity index (χ1n) is 6.85. The molecule has 3 aromatic rings. The van der Waals surface area contributed by atoms with Gasteiger partial charge in [-0.2, -0.15) is 0 Å². The molecule has 0 aliphatic carbocycles. The number of ether oxygens (including phenoxy) is 1. The van der Waals surface area contributed by atoms with Gasteiger partial charge >= 0.3 is 0 Å². The van der Waals surface area contributed by atoms with E-state index in [0.29, 0.717) is 21.6 Å². The van der Waals surface area contributed by atoms with Gasteiger partial charge in [-0.3, -0.25) is 0 Å². The van der Waals surface area contributed by atoms with Gasteiger partial charge in [0, 0.05) is 15.6 Å². The number of aliphatic hydroxyl groups excluding tert-OH is 1. The van der Waals surface area contributed by atoms with E-state index in [1.807, 2.05) is 24.3 Å². The van der Waals surface area contributed by atoms with E-state index >= 15 is 0 Å². The van der Waals surface area contributed by atoms with E-state index in [2.05, 4.69) is 10.1 Å². The van der Waals surface area contributed by atoms with E-state index in [9.17, 15) is 0 Å². The summed E-state index contributed by atoms with van der Waals surface area (Å²) in [6.07, 6.45) is 1.55. The zero-order chi connectivity index (χ0) is 16.2. The fraction of sp³-hybridized carbons (Fsp3) is 0.125. The smallest absolute Gasteiger partial charge is 0.176 e. The Morgan fingerprint density at radius 3 is 2.35 bits per heavy atom. The van der Waals surface area contributed by atoms with Gasteiger partial charge in [-0.25, -0.2) is 9.67 Å². The normalized spacial score (nSPS) is 10.7. The predicted octanol–water partition coefficient (Wildman–Crippen LogP) is 3.65. The molecule has 0 spiro atoms. The Kier molecular flexibility index (Phi) is 4.81. The fourth-order valence-electron chi connectivity index (χ4n) is 2.02. The van der Waals surface area contributed by atoms with Crippen molar-refractivity contribution in [1.82, 2.24) is 14.8 Å². The van der Waals surface area contributed by atoms with Gasteiger partial charge in [0.15, 0.2) is 5.82 Å². The molecule has 0 saturated heterocycles. The Morgan fingerprint density at radius 2 is 1.74 bits per heavy atom. The van der Waals surface area contributed by atoms with Gasteiger partial charge in [0.25, 0.3) is 0 Å². The first-order chi connectivity index (χ1) is 11.2. The molecule has 0 radical (unpaired) electrons. The maximum atomic E-state index is 8.99. The van der Waals surface area contributed by atoms with Gasteiger partial charge < -0.3 is 9.84 Å². The number of benzene rings is 2. The molecule has 23 heavy (non-hydrogen) atoms. The molecule has 0 aliphatic rings. The second kappa shape index (κ2) is 7.00. The molecule has 1 N–H and O–H groups in total. The fourth-order valence-corrected chi connectivity index (χ4v) is 2.52. The maximum absolute atomic E-state index is 8.99. The Hall–Kier alpha value is -2.08. The summed E-state index contributed by atoms with van der Waals surface area (Å²) in [5.41, 5.74) is 1.57. The highest BCUT2D eigenvalue weighted by atomic mass is 35.5. The molecule has 0 unspecified atom stereocenters. The lowest BCUT2D eigenvalue weighted by atomic mass is 10.2. The third-order valence-electron chi connectivity index (χ3n) is 3.23. The van der Waals surface area contributed by atoms with Crippen molar-refractivity contribution in [2.75, 3.05) is 0 Å². The Morgan fingerprint density at radius 1 is 1.04 bits per heavy atom. The van der Waals surface area contributed by atoms with Crippen LogP contribution in [0.3, 0.4) is 0 Å². The van der Waals surface area contributed by atoms with Crippen molar-refractivity contribution in [3.05, 3.63) is 70.2 Å². The number of halogens is 2. The zero-order valence-corrected chi connectivity index (χ0v) is 13.5. The molecule has 7 heteroatoms. The highest BCUT2D eigenvalue weighted by Crippen LogP contribution is 2.26. The maximum Gasteiger partial charge on any atom is 0.176 e. The van der Waals surface area contributed by atoms with E-state index in [1.54, 1.807) is 29.2 Å². The summed E-state index contributed by atoms with van der Waals surface area (Å²) in [6, 6.07) is 12.7.